The number of aromatic amines is 1. The molecule has 3 rings (SSSR count). The van der Waals surface area contributed by atoms with Gasteiger partial charge in [-0.25, -0.2) is 13.8 Å². The molecule has 1 aromatic carbocycles. The number of ether oxygens (including phenoxy) is 1. The normalized spacial score (nSPS) is 24.4. The molecule has 0 saturated carbocycles. The van der Waals surface area contributed by atoms with Crippen molar-refractivity contribution in [3.8, 4) is 0 Å². The van der Waals surface area contributed by atoms with E-state index in [1.54, 1.807) is 0 Å². The van der Waals surface area contributed by atoms with Gasteiger partial charge in [-0.15, -0.1) is 0 Å². The van der Waals surface area contributed by atoms with Crippen LogP contribution in [-0.4, -0.2) is 40.2 Å². The Morgan fingerprint density at radius 3 is 2.60 bits per heavy atom. The summed E-state index contributed by atoms with van der Waals surface area (Å²) < 4.78 is 32.0. The van der Waals surface area contributed by atoms with E-state index in [1.807, 2.05) is 13.8 Å². The Morgan fingerprint density at radius 2 is 1.90 bits per heavy atom. The molecule has 2 aromatic rings. The van der Waals surface area contributed by atoms with Crippen molar-refractivity contribution in [2.24, 2.45) is 0 Å². The van der Waals surface area contributed by atoms with Crippen LogP contribution < -0.4 is 0 Å². The number of H-pyrrole nitrogens is 1. The van der Waals surface area contributed by atoms with Crippen LogP contribution in [0.2, 0.25) is 0 Å². The third-order valence-corrected chi connectivity index (χ3v) is 3.44. The van der Waals surface area contributed by atoms with Crippen LogP contribution in [0.1, 0.15) is 19.7 Å². The van der Waals surface area contributed by atoms with Gasteiger partial charge >= 0.3 is 0 Å². The molecule has 6 heteroatoms. The van der Waals surface area contributed by atoms with Crippen LogP contribution in [0.4, 0.5) is 8.78 Å². The minimum atomic E-state index is -0.871. The third-order valence-electron chi connectivity index (χ3n) is 3.44. The minimum Gasteiger partial charge on any atom is -0.373 e. The quantitative estimate of drug-likeness (QED) is 0.919. The number of morpholine rings is 1. The molecular weight excluding hydrogens is 264 g/mol. The van der Waals surface area contributed by atoms with Crippen LogP contribution in [0.3, 0.4) is 0 Å². The van der Waals surface area contributed by atoms with Gasteiger partial charge in [0.15, 0.2) is 11.6 Å². The van der Waals surface area contributed by atoms with Crippen molar-refractivity contribution in [3.05, 3.63) is 29.6 Å². The van der Waals surface area contributed by atoms with Gasteiger partial charge in [-0.2, -0.15) is 0 Å². The summed E-state index contributed by atoms with van der Waals surface area (Å²) in [7, 11) is 0. The lowest BCUT2D eigenvalue weighted by Crippen LogP contribution is -2.44. The predicted molar refractivity (Wildman–Crippen MR) is 71.3 cm³/mol. The van der Waals surface area contributed by atoms with Crippen LogP contribution in [-0.2, 0) is 11.3 Å². The Hall–Kier alpha value is -1.53. The second-order valence-electron chi connectivity index (χ2n) is 5.42. The van der Waals surface area contributed by atoms with E-state index in [1.165, 1.54) is 0 Å². The molecule has 0 spiro atoms. The Balaban J connectivity index is 1.80. The first kappa shape index (κ1) is 13.5. The molecule has 0 bridgehead atoms. The van der Waals surface area contributed by atoms with Gasteiger partial charge < -0.3 is 9.72 Å². The predicted octanol–water partition coefficient (Wildman–Crippen LogP) is 2.45. The van der Waals surface area contributed by atoms with E-state index in [0.717, 1.165) is 25.2 Å². The molecule has 108 valence electrons. The molecular formula is C14H17F2N3O. The summed E-state index contributed by atoms with van der Waals surface area (Å²) in [6.45, 7) is 6.34. The van der Waals surface area contributed by atoms with E-state index in [9.17, 15) is 8.78 Å². The molecule has 4 nitrogen and oxygen atoms in total. The van der Waals surface area contributed by atoms with Crippen LogP contribution in [0.25, 0.3) is 11.0 Å². The van der Waals surface area contributed by atoms with Crippen LogP contribution in [0.15, 0.2) is 12.1 Å². The van der Waals surface area contributed by atoms with Crippen LogP contribution in [0.5, 0.6) is 0 Å². The highest BCUT2D eigenvalue weighted by Crippen LogP contribution is 2.18. The average molecular weight is 281 g/mol. The van der Waals surface area contributed by atoms with E-state index in [4.69, 9.17) is 4.74 Å². The number of nitrogens with one attached hydrogen (secondary N) is 1. The number of hydrogen-bond donors (Lipinski definition) is 1. The number of hydrogen-bond acceptors (Lipinski definition) is 3. The van der Waals surface area contributed by atoms with Gasteiger partial charge in [-0.1, -0.05) is 0 Å². The summed E-state index contributed by atoms with van der Waals surface area (Å²) in [6.07, 6.45) is 0.357. The summed E-state index contributed by atoms with van der Waals surface area (Å²) in [5.74, 6) is -1.02. The Bertz CT molecular complexity index is 579. The smallest absolute Gasteiger partial charge is 0.161 e. The summed E-state index contributed by atoms with van der Waals surface area (Å²) in [6, 6.07) is 2.26. The number of fused-ring (bicyclic) bond motifs is 1. The Kier molecular flexibility index (Phi) is 3.43. The van der Waals surface area contributed by atoms with Crippen molar-refractivity contribution in [3.63, 3.8) is 0 Å². The highest BCUT2D eigenvalue weighted by molar-refractivity contribution is 5.75. The van der Waals surface area contributed by atoms with Gasteiger partial charge in [0, 0.05) is 25.2 Å². The fourth-order valence-electron chi connectivity index (χ4n) is 2.76. The molecule has 1 fully saturated rings. The van der Waals surface area contributed by atoms with Crippen molar-refractivity contribution in [1.29, 1.82) is 0 Å². The molecule has 1 aliphatic heterocycles. The standard InChI is InChI=1S/C14H17F2N3O/c1-8-5-19(6-9(2)20-8)7-14-17-12-3-10(15)11(16)4-13(12)18-14/h3-4,8-9H,5-7H2,1-2H3,(H,17,18). The maximum Gasteiger partial charge on any atom is 0.161 e. The average Bonchev–Trinajstić information content (AvgIpc) is 2.69. The van der Waals surface area contributed by atoms with Crippen LogP contribution in [0, 0.1) is 11.6 Å². The fraction of sp³-hybridized carbons (Fsp3) is 0.500. The Labute approximate surface area is 115 Å². The zero-order valence-electron chi connectivity index (χ0n) is 11.5. The van der Waals surface area contributed by atoms with Gasteiger partial charge in [-0.05, 0) is 13.8 Å². The number of imidazole rings is 1. The van der Waals surface area contributed by atoms with E-state index >= 15 is 0 Å². The molecule has 20 heavy (non-hydrogen) atoms. The molecule has 1 aliphatic rings. The zero-order chi connectivity index (χ0) is 14.3. The largest absolute Gasteiger partial charge is 0.373 e. The lowest BCUT2D eigenvalue weighted by molar-refractivity contribution is -0.0710. The summed E-state index contributed by atoms with van der Waals surface area (Å²) >= 11 is 0. The molecule has 0 radical (unpaired) electrons. The fourth-order valence-corrected chi connectivity index (χ4v) is 2.76. The molecule has 1 saturated heterocycles. The lowest BCUT2D eigenvalue weighted by atomic mass is 10.2. The number of nitrogens with zero attached hydrogens (tertiary/aromatic N) is 2. The molecule has 1 aromatic heterocycles. The molecule has 2 heterocycles. The highest BCUT2D eigenvalue weighted by Gasteiger charge is 2.23. The van der Waals surface area contributed by atoms with Gasteiger partial charge in [0.2, 0.25) is 0 Å². The molecule has 0 aliphatic carbocycles. The van der Waals surface area contributed by atoms with Crippen molar-refractivity contribution < 1.29 is 13.5 Å². The lowest BCUT2D eigenvalue weighted by Gasteiger charge is -2.34. The Morgan fingerprint density at radius 1 is 1.25 bits per heavy atom. The van der Waals surface area contributed by atoms with Crippen molar-refractivity contribution >= 4 is 11.0 Å². The van der Waals surface area contributed by atoms with Crippen molar-refractivity contribution in [1.82, 2.24) is 14.9 Å². The first-order valence-corrected chi connectivity index (χ1v) is 6.72. The number of aromatic nitrogens is 2. The van der Waals surface area contributed by atoms with Crippen molar-refractivity contribution in [2.75, 3.05) is 13.1 Å². The molecule has 1 N–H and O–H groups in total. The molecule has 2 unspecified atom stereocenters. The number of benzene rings is 1. The topological polar surface area (TPSA) is 41.2 Å². The van der Waals surface area contributed by atoms with Gasteiger partial charge in [0.05, 0.1) is 29.8 Å². The summed E-state index contributed by atoms with van der Waals surface area (Å²) in [5.41, 5.74) is 0.974. The van der Waals surface area contributed by atoms with E-state index in [-0.39, 0.29) is 12.2 Å². The second-order valence-corrected chi connectivity index (χ2v) is 5.42. The summed E-state index contributed by atoms with van der Waals surface area (Å²) in [5, 5.41) is 0. The first-order valence-electron chi connectivity index (χ1n) is 6.72. The van der Waals surface area contributed by atoms with E-state index in [0.29, 0.717) is 23.4 Å². The third kappa shape index (κ3) is 2.66. The minimum absolute atomic E-state index is 0.179. The number of halogens is 2. The zero-order valence-corrected chi connectivity index (χ0v) is 11.5. The van der Waals surface area contributed by atoms with Gasteiger partial charge in [0.25, 0.3) is 0 Å². The van der Waals surface area contributed by atoms with Gasteiger partial charge in [-0.3, -0.25) is 4.90 Å². The summed E-state index contributed by atoms with van der Waals surface area (Å²) in [4.78, 5) is 9.58. The maximum absolute atomic E-state index is 13.2. The SMILES string of the molecule is CC1CN(Cc2nc3cc(F)c(F)cc3[nH]2)CC(C)O1. The first-order chi connectivity index (χ1) is 9.51. The molecule has 0 amide bonds. The maximum atomic E-state index is 13.2. The monoisotopic (exact) mass is 281 g/mol. The van der Waals surface area contributed by atoms with Crippen molar-refractivity contribution in [2.45, 2.75) is 32.6 Å². The van der Waals surface area contributed by atoms with Crippen LogP contribution >= 0.6 is 0 Å². The highest BCUT2D eigenvalue weighted by atomic mass is 19.2. The second kappa shape index (κ2) is 5.10. The van der Waals surface area contributed by atoms with E-state index < -0.39 is 11.6 Å². The van der Waals surface area contributed by atoms with Gasteiger partial charge in [0.1, 0.15) is 5.82 Å². The molecule has 2 atom stereocenters. The number of rotatable bonds is 2. The van der Waals surface area contributed by atoms with E-state index in [2.05, 4.69) is 14.9 Å².